The fraction of sp³-hybridized carbons (Fsp3) is 0.556. The molecule has 0 saturated carbocycles. The number of benzene rings is 1. The highest BCUT2D eigenvalue weighted by Gasteiger charge is 2.15. The molecule has 0 fully saturated rings. The average Bonchev–Trinajstić information content (AvgIpc) is 2.54. The van der Waals surface area contributed by atoms with E-state index >= 15 is 0 Å². The number of carbonyl (C=O) groups excluding carboxylic acids is 2. The first-order valence-electron chi connectivity index (χ1n) is 8.27. The van der Waals surface area contributed by atoms with Crippen molar-refractivity contribution in [2.75, 3.05) is 0 Å². The van der Waals surface area contributed by atoms with Gasteiger partial charge in [0.05, 0.1) is 10.6 Å². The van der Waals surface area contributed by atoms with Gasteiger partial charge in [-0.15, -0.1) is 0 Å². The molecule has 0 heterocycles. The third-order valence-electron chi connectivity index (χ3n) is 3.72. The Bertz CT molecular complexity index is 540. The van der Waals surface area contributed by atoms with E-state index in [-0.39, 0.29) is 6.10 Å². The van der Waals surface area contributed by atoms with Crippen molar-refractivity contribution < 1.29 is 29.1 Å². The lowest BCUT2D eigenvalue weighted by Gasteiger charge is -2.11. The van der Waals surface area contributed by atoms with Gasteiger partial charge in [-0.3, -0.25) is 4.89 Å². The Labute approximate surface area is 142 Å². The van der Waals surface area contributed by atoms with Crippen LogP contribution in [0, 0.1) is 13.8 Å². The van der Waals surface area contributed by atoms with Crippen LogP contribution >= 0.6 is 0 Å². The maximum atomic E-state index is 11.7. The molecule has 24 heavy (non-hydrogen) atoms. The van der Waals surface area contributed by atoms with E-state index in [0.29, 0.717) is 5.56 Å². The van der Waals surface area contributed by atoms with Crippen LogP contribution in [-0.4, -0.2) is 18.2 Å². The van der Waals surface area contributed by atoms with Crippen LogP contribution in [0.5, 0.6) is 0 Å². The van der Waals surface area contributed by atoms with Gasteiger partial charge in [0.15, 0.2) is 0 Å². The minimum atomic E-state index is -1.04. The molecule has 134 valence electrons. The Morgan fingerprint density at radius 1 is 1.04 bits per heavy atom. The van der Waals surface area contributed by atoms with Crippen LogP contribution in [-0.2, 0) is 19.6 Å². The van der Waals surface area contributed by atoms with Crippen molar-refractivity contribution in [1.29, 1.82) is 0 Å². The first-order chi connectivity index (χ1) is 11.4. The van der Waals surface area contributed by atoms with E-state index < -0.39 is 12.1 Å². The van der Waals surface area contributed by atoms with E-state index in [0.717, 1.165) is 43.2 Å². The van der Waals surface area contributed by atoms with Crippen LogP contribution in [0.3, 0.4) is 0 Å². The Kier molecular flexibility index (Phi) is 8.86. The molecule has 1 rings (SSSR count). The van der Waals surface area contributed by atoms with Crippen LogP contribution in [0.1, 0.15) is 67.4 Å². The molecule has 0 aliphatic carbocycles. The second-order valence-corrected chi connectivity index (χ2v) is 5.85. The van der Waals surface area contributed by atoms with E-state index in [2.05, 4.69) is 21.7 Å². The number of ether oxygens (including phenoxy) is 1. The summed E-state index contributed by atoms with van der Waals surface area (Å²) >= 11 is 0. The molecule has 0 aliphatic rings. The second-order valence-electron chi connectivity index (χ2n) is 5.85. The van der Waals surface area contributed by atoms with Gasteiger partial charge in [0.1, 0.15) is 6.10 Å². The molecule has 0 radical (unpaired) electrons. The van der Waals surface area contributed by atoms with Crippen LogP contribution in [0.4, 0.5) is 4.79 Å². The summed E-state index contributed by atoms with van der Waals surface area (Å²) in [5.41, 5.74) is 2.31. The minimum absolute atomic E-state index is 0.284. The van der Waals surface area contributed by atoms with E-state index in [1.54, 1.807) is 25.1 Å². The summed E-state index contributed by atoms with van der Waals surface area (Å²) in [6, 6.07) is 5.06. The summed E-state index contributed by atoms with van der Waals surface area (Å²) < 4.78 is 4.98. The van der Waals surface area contributed by atoms with Crippen molar-refractivity contribution in [3.05, 3.63) is 34.9 Å². The molecule has 0 N–H and O–H groups in total. The zero-order valence-corrected chi connectivity index (χ0v) is 14.8. The molecule has 0 saturated heterocycles. The Balaban J connectivity index is 2.24. The smallest absolute Gasteiger partial charge is 0.429 e. The first kappa shape index (κ1) is 20.0. The Hall–Kier alpha value is -2.08. The average molecular weight is 338 g/mol. The SMILES string of the molecule is CCCCCCC(C)OC(=O)OOOC(=O)c1ccc(C)c(C)c1. The lowest BCUT2D eigenvalue weighted by atomic mass is 10.1. The lowest BCUT2D eigenvalue weighted by molar-refractivity contribution is -0.452. The molecule has 6 heteroatoms. The van der Waals surface area contributed by atoms with Gasteiger partial charge >= 0.3 is 12.1 Å². The zero-order valence-electron chi connectivity index (χ0n) is 14.8. The molecule has 0 amide bonds. The highest BCUT2D eigenvalue weighted by atomic mass is 17.5. The molecular formula is C18H26O6. The topological polar surface area (TPSA) is 71.1 Å². The minimum Gasteiger partial charge on any atom is -0.429 e. The van der Waals surface area contributed by atoms with E-state index in [1.165, 1.54) is 0 Å². The molecule has 0 spiro atoms. The van der Waals surface area contributed by atoms with Gasteiger partial charge in [-0.05, 0) is 56.9 Å². The predicted octanol–water partition coefficient (Wildman–Crippen LogP) is 4.82. The molecule has 1 atom stereocenters. The number of unbranched alkanes of at least 4 members (excludes halogenated alkanes) is 3. The normalized spacial score (nSPS) is 11.7. The summed E-state index contributed by atoms with van der Waals surface area (Å²) in [7, 11) is 0. The monoisotopic (exact) mass is 338 g/mol. The molecule has 1 aromatic carbocycles. The number of hydrogen-bond acceptors (Lipinski definition) is 6. The number of aryl methyl sites for hydroxylation is 2. The van der Waals surface area contributed by atoms with Gasteiger partial charge in [0.25, 0.3) is 0 Å². The van der Waals surface area contributed by atoms with Gasteiger partial charge in [0, 0.05) is 0 Å². The highest BCUT2D eigenvalue weighted by Crippen LogP contribution is 2.12. The standard InChI is InChI=1S/C18H26O6/c1-5-6-7-8-9-15(4)21-18(20)23-24-22-17(19)16-11-10-13(2)14(3)12-16/h10-12,15H,5-9H2,1-4H3. The highest BCUT2D eigenvalue weighted by molar-refractivity contribution is 5.89. The number of carbonyl (C=O) groups is 2. The quantitative estimate of drug-likeness (QED) is 0.278. The van der Waals surface area contributed by atoms with Crippen LogP contribution in [0.2, 0.25) is 0 Å². The first-order valence-corrected chi connectivity index (χ1v) is 8.27. The molecule has 6 nitrogen and oxygen atoms in total. The Morgan fingerprint density at radius 2 is 1.79 bits per heavy atom. The number of hydrogen-bond donors (Lipinski definition) is 0. The van der Waals surface area contributed by atoms with Gasteiger partial charge in [-0.1, -0.05) is 32.3 Å². The molecule has 0 aromatic heterocycles. The van der Waals surface area contributed by atoms with Crippen molar-refractivity contribution >= 4 is 12.1 Å². The van der Waals surface area contributed by atoms with Gasteiger partial charge in [-0.25, -0.2) is 14.5 Å². The summed E-state index contributed by atoms with van der Waals surface area (Å²) in [6.07, 6.45) is 3.82. The molecule has 0 bridgehead atoms. The maximum Gasteiger partial charge on any atom is 0.543 e. The summed E-state index contributed by atoms with van der Waals surface area (Å²) in [4.78, 5) is 31.8. The van der Waals surface area contributed by atoms with E-state index in [9.17, 15) is 9.59 Å². The second kappa shape index (κ2) is 10.6. The predicted molar refractivity (Wildman–Crippen MR) is 88.2 cm³/mol. The van der Waals surface area contributed by atoms with Crippen molar-refractivity contribution in [3.63, 3.8) is 0 Å². The van der Waals surface area contributed by atoms with Gasteiger partial charge in [0.2, 0.25) is 0 Å². The number of rotatable bonds is 9. The largest absolute Gasteiger partial charge is 0.543 e. The van der Waals surface area contributed by atoms with Crippen molar-refractivity contribution in [2.24, 2.45) is 0 Å². The maximum absolute atomic E-state index is 11.7. The third-order valence-corrected chi connectivity index (χ3v) is 3.72. The van der Waals surface area contributed by atoms with Crippen molar-refractivity contribution in [1.82, 2.24) is 0 Å². The molecule has 1 aromatic rings. The molecule has 1 unspecified atom stereocenters. The summed E-state index contributed by atoms with van der Waals surface area (Å²) in [5, 5.41) is 4.20. The van der Waals surface area contributed by atoms with Crippen molar-refractivity contribution in [2.45, 2.75) is 65.9 Å². The van der Waals surface area contributed by atoms with Crippen LogP contribution in [0.15, 0.2) is 18.2 Å². The van der Waals surface area contributed by atoms with Gasteiger partial charge < -0.3 is 4.74 Å². The molecule has 0 aliphatic heterocycles. The third kappa shape index (κ3) is 7.46. The Morgan fingerprint density at radius 3 is 2.46 bits per heavy atom. The summed E-state index contributed by atoms with van der Waals surface area (Å²) in [6.45, 7) is 7.72. The lowest BCUT2D eigenvalue weighted by Crippen LogP contribution is -2.17. The van der Waals surface area contributed by atoms with Crippen molar-refractivity contribution in [3.8, 4) is 0 Å². The summed E-state index contributed by atoms with van der Waals surface area (Å²) in [5.74, 6) is -0.751. The molecular weight excluding hydrogens is 312 g/mol. The fourth-order valence-electron chi connectivity index (χ4n) is 2.09. The van der Waals surface area contributed by atoms with Crippen LogP contribution < -0.4 is 0 Å². The van der Waals surface area contributed by atoms with Gasteiger partial charge in [-0.2, -0.15) is 0 Å². The zero-order chi connectivity index (χ0) is 17.9. The van der Waals surface area contributed by atoms with E-state index in [4.69, 9.17) is 4.74 Å². The van der Waals surface area contributed by atoms with E-state index in [1.807, 2.05) is 13.8 Å². The fourth-order valence-corrected chi connectivity index (χ4v) is 2.09. The van der Waals surface area contributed by atoms with Crippen LogP contribution in [0.25, 0.3) is 0 Å².